The van der Waals surface area contributed by atoms with Crippen LogP contribution in [0.2, 0.25) is 0 Å². The molecule has 4 aromatic rings. The summed E-state index contributed by atoms with van der Waals surface area (Å²) in [5.41, 5.74) is 0.837. The number of aromatic amines is 1. The summed E-state index contributed by atoms with van der Waals surface area (Å²) in [5, 5.41) is 0. The second kappa shape index (κ2) is 8.86. The van der Waals surface area contributed by atoms with E-state index in [4.69, 9.17) is 0 Å². The second-order valence-corrected chi connectivity index (χ2v) is 8.47. The average Bonchev–Trinajstić information content (AvgIpc) is 3.21. The van der Waals surface area contributed by atoms with Gasteiger partial charge in [0.05, 0.1) is 6.54 Å². The fraction of sp³-hybridized carbons (Fsp3) is 0.292. The monoisotopic (exact) mass is 466 g/mol. The number of imidazole rings is 1. The zero-order valence-electron chi connectivity index (χ0n) is 18.7. The van der Waals surface area contributed by atoms with Crippen LogP contribution in [0, 0.1) is 11.6 Å². The van der Waals surface area contributed by atoms with E-state index in [9.17, 15) is 18.4 Å². The molecule has 3 heterocycles. The molecule has 2 aromatic carbocycles. The third-order valence-corrected chi connectivity index (χ3v) is 6.25. The summed E-state index contributed by atoms with van der Waals surface area (Å²) in [6.45, 7) is 3.54. The number of rotatable bonds is 5. The van der Waals surface area contributed by atoms with Gasteiger partial charge in [-0.1, -0.05) is 30.3 Å². The number of hydrogen-bond acceptors (Lipinski definition) is 5. The van der Waals surface area contributed by atoms with Crippen LogP contribution in [-0.2, 0) is 20.1 Å². The molecule has 0 atom stereocenters. The predicted octanol–water partition coefficient (Wildman–Crippen LogP) is 2.07. The van der Waals surface area contributed by atoms with Crippen molar-refractivity contribution < 1.29 is 8.78 Å². The molecule has 10 heteroatoms. The van der Waals surface area contributed by atoms with Gasteiger partial charge in [0, 0.05) is 45.3 Å². The number of anilines is 1. The molecule has 1 N–H and O–H groups in total. The maximum Gasteiger partial charge on any atom is 0.329 e. The van der Waals surface area contributed by atoms with Crippen LogP contribution in [0.4, 0.5) is 14.7 Å². The molecular formula is C24H24F2N6O2. The Morgan fingerprint density at radius 1 is 0.941 bits per heavy atom. The summed E-state index contributed by atoms with van der Waals surface area (Å²) >= 11 is 0. The van der Waals surface area contributed by atoms with Gasteiger partial charge < -0.3 is 4.90 Å². The van der Waals surface area contributed by atoms with E-state index in [1.54, 1.807) is 41.9 Å². The van der Waals surface area contributed by atoms with Crippen molar-refractivity contribution >= 4 is 17.1 Å². The molecule has 34 heavy (non-hydrogen) atoms. The summed E-state index contributed by atoms with van der Waals surface area (Å²) in [6, 6.07) is 12.9. The minimum atomic E-state index is -0.553. The van der Waals surface area contributed by atoms with Gasteiger partial charge in [-0.3, -0.25) is 23.8 Å². The number of nitrogens with one attached hydrogen (secondary N) is 1. The SMILES string of the molecule is Cn1c(=O)[nH]c(=O)c2c1nc(N1CCN(Cc3ccc(F)cc3)CC1)n2Cc1ccccc1F. The number of nitrogens with zero attached hydrogens (tertiary/aromatic N) is 5. The molecule has 2 aromatic heterocycles. The van der Waals surface area contributed by atoms with E-state index in [1.165, 1.54) is 22.8 Å². The largest absolute Gasteiger partial charge is 0.340 e. The van der Waals surface area contributed by atoms with Crippen LogP contribution in [0.25, 0.3) is 11.2 Å². The lowest BCUT2D eigenvalue weighted by atomic mass is 10.2. The Labute approximate surface area is 193 Å². The number of benzene rings is 2. The lowest BCUT2D eigenvalue weighted by Crippen LogP contribution is -2.47. The number of fused-ring (bicyclic) bond motifs is 1. The van der Waals surface area contributed by atoms with Crippen molar-refractivity contribution in [1.29, 1.82) is 0 Å². The van der Waals surface area contributed by atoms with Crippen molar-refractivity contribution in [2.75, 3.05) is 31.1 Å². The summed E-state index contributed by atoms with van der Waals surface area (Å²) in [7, 11) is 1.55. The minimum absolute atomic E-state index is 0.107. The molecule has 0 spiro atoms. The Morgan fingerprint density at radius 3 is 2.35 bits per heavy atom. The third-order valence-electron chi connectivity index (χ3n) is 6.25. The first-order valence-electron chi connectivity index (χ1n) is 11.1. The molecule has 0 saturated carbocycles. The zero-order chi connectivity index (χ0) is 23.8. The molecule has 1 saturated heterocycles. The number of hydrogen-bond donors (Lipinski definition) is 1. The van der Waals surface area contributed by atoms with E-state index in [0.717, 1.165) is 18.7 Å². The summed E-state index contributed by atoms with van der Waals surface area (Å²) < 4.78 is 30.6. The Kier molecular flexibility index (Phi) is 5.74. The van der Waals surface area contributed by atoms with Crippen molar-refractivity contribution in [3.8, 4) is 0 Å². The summed E-state index contributed by atoms with van der Waals surface area (Å²) in [4.78, 5) is 36.2. The van der Waals surface area contributed by atoms with E-state index >= 15 is 0 Å². The highest BCUT2D eigenvalue weighted by molar-refractivity contribution is 5.74. The van der Waals surface area contributed by atoms with Crippen LogP contribution in [-0.4, -0.2) is 50.2 Å². The molecule has 176 valence electrons. The number of halogens is 2. The van der Waals surface area contributed by atoms with Crippen LogP contribution in [0.1, 0.15) is 11.1 Å². The third kappa shape index (κ3) is 4.12. The minimum Gasteiger partial charge on any atom is -0.340 e. The van der Waals surface area contributed by atoms with Crippen LogP contribution in [0.15, 0.2) is 58.1 Å². The Morgan fingerprint density at radius 2 is 1.65 bits per heavy atom. The molecule has 0 radical (unpaired) electrons. The predicted molar refractivity (Wildman–Crippen MR) is 125 cm³/mol. The highest BCUT2D eigenvalue weighted by Crippen LogP contribution is 2.23. The first-order valence-corrected chi connectivity index (χ1v) is 11.1. The first-order chi connectivity index (χ1) is 16.4. The maximum atomic E-state index is 14.5. The van der Waals surface area contributed by atoms with Crippen LogP contribution < -0.4 is 16.1 Å². The fourth-order valence-corrected chi connectivity index (χ4v) is 4.37. The van der Waals surface area contributed by atoms with Crippen molar-refractivity contribution in [1.82, 2.24) is 24.0 Å². The fourth-order valence-electron chi connectivity index (χ4n) is 4.37. The molecule has 1 aliphatic heterocycles. The molecule has 1 aliphatic rings. The van der Waals surface area contributed by atoms with E-state index in [-0.39, 0.29) is 29.3 Å². The lowest BCUT2D eigenvalue weighted by molar-refractivity contribution is 0.248. The second-order valence-electron chi connectivity index (χ2n) is 8.47. The Hall–Kier alpha value is -3.79. The molecular weight excluding hydrogens is 442 g/mol. The van der Waals surface area contributed by atoms with E-state index < -0.39 is 11.2 Å². The van der Waals surface area contributed by atoms with Crippen molar-refractivity contribution in [3.05, 3.63) is 92.1 Å². The molecule has 0 unspecified atom stereocenters. The topological polar surface area (TPSA) is 79.2 Å². The number of aryl methyl sites for hydroxylation is 1. The molecule has 0 amide bonds. The van der Waals surface area contributed by atoms with Crippen LogP contribution in [0.3, 0.4) is 0 Å². The molecule has 0 bridgehead atoms. The van der Waals surface area contributed by atoms with Crippen molar-refractivity contribution in [2.45, 2.75) is 13.1 Å². The van der Waals surface area contributed by atoms with Crippen LogP contribution in [0.5, 0.6) is 0 Å². The normalized spacial score (nSPS) is 14.7. The molecule has 8 nitrogen and oxygen atoms in total. The Balaban J connectivity index is 1.47. The standard InChI is InChI=1S/C24H24F2N6O2/c1-29-21-20(22(33)28-24(29)34)32(15-17-4-2-3-5-19(17)26)23(27-21)31-12-10-30(11-13-31)14-16-6-8-18(25)9-7-16/h2-9H,10-15H2,1H3,(H,28,33,34). The maximum absolute atomic E-state index is 14.5. The average molecular weight is 466 g/mol. The van der Waals surface area contributed by atoms with E-state index in [2.05, 4.69) is 14.9 Å². The van der Waals surface area contributed by atoms with Gasteiger partial charge in [-0.2, -0.15) is 4.98 Å². The van der Waals surface area contributed by atoms with Gasteiger partial charge in [0.2, 0.25) is 5.95 Å². The molecule has 1 fully saturated rings. The van der Waals surface area contributed by atoms with Crippen molar-refractivity contribution in [2.24, 2.45) is 7.05 Å². The van der Waals surface area contributed by atoms with E-state index in [0.29, 0.717) is 31.1 Å². The number of piperazine rings is 1. The smallest absolute Gasteiger partial charge is 0.329 e. The molecule has 0 aliphatic carbocycles. The first kappa shape index (κ1) is 22.0. The Bertz CT molecular complexity index is 1450. The highest BCUT2D eigenvalue weighted by Gasteiger charge is 2.25. The highest BCUT2D eigenvalue weighted by atomic mass is 19.1. The van der Waals surface area contributed by atoms with Crippen LogP contribution >= 0.6 is 0 Å². The van der Waals surface area contributed by atoms with E-state index in [1.807, 2.05) is 4.90 Å². The van der Waals surface area contributed by atoms with Gasteiger partial charge in [0.1, 0.15) is 11.6 Å². The number of aromatic nitrogens is 4. The van der Waals surface area contributed by atoms with Gasteiger partial charge in [-0.25, -0.2) is 13.6 Å². The quantitative estimate of drug-likeness (QED) is 0.487. The zero-order valence-corrected chi connectivity index (χ0v) is 18.7. The summed E-state index contributed by atoms with van der Waals surface area (Å²) in [6.07, 6.45) is 0. The van der Waals surface area contributed by atoms with Gasteiger partial charge in [-0.15, -0.1) is 0 Å². The van der Waals surface area contributed by atoms with Gasteiger partial charge >= 0.3 is 5.69 Å². The van der Waals surface area contributed by atoms with Gasteiger partial charge in [-0.05, 0) is 23.8 Å². The molecule has 5 rings (SSSR count). The van der Waals surface area contributed by atoms with Crippen molar-refractivity contribution in [3.63, 3.8) is 0 Å². The number of H-pyrrole nitrogens is 1. The lowest BCUT2D eigenvalue weighted by Gasteiger charge is -2.35. The van der Waals surface area contributed by atoms with Gasteiger partial charge in [0.15, 0.2) is 11.2 Å². The van der Waals surface area contributed by atoms with Gasteiger partial charge in [0.25, 0.3) is 5.56 Å². The summed E-state index contributed by atoms with van der Waals surface area (Å²) in [5.74, 6) is -0.112.